The van der Waals surface area contributed by atoms with Gasteiger partial charge in [0.1, 0.15) is 17.5 Å². The van der Waals surface area contributed by atoms with Crippen molar-refractivity contribution in [2.75, 3.05) is 31.5 Å². The number of anilines is 1. The van der Waals surface area contributed by atoms with Crippen molar-refractivity contribution in [1.29, 1.82) is 0 Å². The summed E-state index contributed by atoms with van der Waals surface area (Å²) in [6, 6.07) is 2.24. The molecule has 0 saturated carbocycles. The molecule has 1 atom stereocenters. The van der Waals surface area contributed by atoms with E-state index in [0.29, 0.717) is 38.5 Å². The molecule has 0 bridgehead atoms. The highest BCUT2D eigenvalue weighted by Crippen LogP contribution is 2.24. The van der Waals surface area contributed by atoms with Crippen LogP contribution in [-0.2, 0) is 9.47 Å². The number of carbonyl (C=O) groups is 2. The van der Waals surface area contributed by atoms with Gasteiger partial charge in [-0.15, -0.1) is 0 Å². The zero-order valence-corrected chi connectivity index (χ0v) is 21.7. The van der Waals surface area contributed by atoms with Gasteiger partial charge in [-0.25, -0.2) is 14.6 Å². The molecule has 35 heavy (non-hydrogen) atoms. The number of nitrogens with one attached hydrogen (secondary N) is 1. The number of fused-ring (bicyclic) bond motifs is 1. The van der Waals surface area contributed by atoms with Crippen molar-refractivity contribution in [2.24, 2.45) is 0 Å². The van der Waals surface area contributed by atoms with Crippen molar-refractivity contribution in [1.82, 2.24) is 24.4 Å². The fourth-order valence-corrected chi connectivity index (χ4v) is 4.56. The Morgan fingerprint density at radius 3 is 2.43 bits per heavy atom. The number of nitrogens with zero attached hydrogens (tertiary/aromatic N) is 5. The summed E-state index contributed by atoms with van der Waals surface area (Å²) in [5.74, 6) is 1.27. The molecule has 2 aromatic rings. The van der Waals surface area contributed by atoms with Gasteiger partial charge in [0.2, 0.25) is 0 Å². The van der Waals surface area contributed by atoms with Crippen molar-refractivity contribution < 1.29 is 19.1 Å². The lowest BCUT2D eigenvalue weighted by molar-refractivity contribution is 0.0235. The van der Waals surface area contributed by atoms with E-state index in [1.165, 1.54) is 0 Å². The SMILES string of the molecule is Cc1cc(NC2CCN(C(=O)OC3CCN(C(=O)OC(C)(C)C)C3)CC2)n2ncc(C(C)C)c2n1. The van der Waals surface area contributed by atoms with Crippen molar-refractivity contribution >= 4 is 23.7 Å². The average molecular weight is 487 g/mol. The number of amides is 2. The normalized spacial score (nSPS) is 19.5. The predicted octanol–water partition coefficient (Wildman–Crippen LogP) is 4.18. The lowest BCUT2D eigenvalue weighted by Gasteiger charge is -2.33. The molecular weight excluding hydrogens is 448 g/mol. The monoisotopic (exact) mass is 486 g/mol. The van der Waals surface area contributed by atoms with Crippen LogP contribution in [0.1, 0.15) is 71.1 Å². The highest BCUT2D eigenvalue weighted by Gasteiger charge is 2.33. The van der Waals surface area contributed by atoms with E-state index in [9.17, 15) is 9.59 Å². The van der Waals surface area contributed by atoms with E-state index in [0.717, 1.165) is 35.6 Å². The maximum absolute atomic E-state index is 12.7. The van der Waals surface area contributed by atoms with E-state index >= 15 is 0 Å². The lowest BCUT2D eigenvalue weighted by atomic mass is 10.1. The molecule has 0 aliphatic carbocycles. The Bertz CT molecular complexity index is 1070. The first-order chi connectivity index (χ1) is 16.5. The second kappa shape index (κ2) is 9.91. The van der Waals surface area contributed by atoms with E-state index in [2.05, 4.69) is 29.2 Å². The summed E-state index contributed by atoms with van der Waals surface area (Å²) < 4.78 is 13.0. The molecular formula is C25H38N6O4. The summed E-state index contributed by atoms with van der Waals surface area (Å²) >= 11 is 0. The molecule has 4 heterocycles. The van der Waals surface area contributed by atoms with Crippen LogP contribution < -0.4 is 5.32 Å². The Kier molecular flexibility index (Phi) is 7.10. The Morgan fingerprint density at radius 2 is 1.77 bits per heavy atom. The second-order valence-electron chi connectivity index (χ2n) is 10.9. The summed E-state index contributed by atoms with van der Waals surface area (Å²) in [4.78, 5) is 33.0. The fraction of sp³-hybridized carbons (Fsp3) is 0.680. The van der Waals surface area contributed by atoms with Crippen LogP contribution >= 0.6 is 0 Å². The maximum Gasteiger partial charge on any atom is 0.410 e. The molecule has 10 heteroatoms. The van der Waals surface area contributed by atoms with Crippen LogP contribution in [0.3, 0.4) is 0 Å². The van der Waals surface area contributed by atoms with E-state index < -0.39 is 5.60 Å². The van der Waals surface area contributed by atoms with Gasteiger partial charge in [-0.3, -0.25) is 0 Å². The topological polar surface area (TPSA) is 101 Å². The van der Waals surface area contributed by atoms with Gasteiger partial charge in [-0.2, -0.15) is 9.61 Å². The minimum atomic E-state index is -0.543. The number of rotatable bonds is 4. The minimum Gasteiger partial charge on any atom is -0.444 e. The molecule has 2 saturated heterocycles. The van der Waals surface area contributed by atoms with Crippen molar-refractivity contribution in [3.8, 4) is 0 Å². The minimum absolute atomic E-state index is 0.227. The predicted molar refractivity (Wildman–Crippen MR) is 133 cm³/mol. The Balaban J connectivity index is 1.28. The number of ether oxygens (including phenoxy) is 2. The molecule has 2 aliphatic rings. The Morgan fingerprint density at radius 1 is 1.09 bits per heavy atom. The molecule has 0 radical (unpaired) electrons. The standard InChI is InChI=1S/C25H38N6O4/c1-16(2)20-14-26-31-21(13-17(3)27-22(20)31)28-18-7-10-29(11-8-18)23(32)34-19-9-12-30(15-19)24(33)35-25(4,5)6/h13-14,16,18-19,28H,7-12,15H2,1-6H3. The van der Waals surface area contributed by atoms with Crippen LogP contribution in [0.2, 0.25) is 0 Å². The van der Waals surface area contributed by atoms with E-state index in [-0.39, 0.29) is 24.3 Å². The van der Waals surface area contributed by atoms with Crippen LogP contribution in [0.5, 0.6) is 0 Å². The van der Waals surface area contributed by atoms with Crippen molar-refractivity contribution in [3.63, 3.8) is 0 Å². The van der Waals surface area contributed by atoms with Gasteiger partial charge in [0.15, 0.2) is 5.65 Å². The number of carbonyl (C=O) groups excluding carboxylic acids is 2. The Labute approximate surface area is 206 Å². The van der Waals surface area contributed by atoms with E-state index in [1.54, 1.807) is 9.80 Å². The molecule has 1 unspecified atom stereocenters. The third-order valence-corrected chi connectivity index (χ3v) is 6.42. The smallest absolute Gasteiger partial charge is 0.410 e. The number of likely N-dealkylation sites (tertiary alicyclic amines) is 2. The summed E-state index contributed by atoms with van der Waals surface area (Å²) in [6.07, 6.45) is 3.17. The summed E-state index contributed by atoms with van der Waals surface area (Å²) in [5, 5.41) is 8.17. The van der Waals surface area contributed by atoms with Gasteiger partial charge in [0, 0.05) is 49.4 Å². The molecule has 0 aromatic carbocycles. The number of aromatic nitrogens is 3. The zero-order valence-electron chi connectivity index (χ0n) is 21.7. The molecule has 2 amide bonds. The zero-order chi connectivity index (χ0) is 25.3. The molecule has 2 fully saturated rings. The average Bonchev–Trinajstić information content (AvgIpc) is 3.40. The van der Waals surface area contributed by atoms with Crippen molar-refractivity contribution in [3.05, 3.63) is 23.5 Å². The summed E-state index contributed by atoms with van der Waals surface area (Å²) in [7, 11) is 0. The first-order valence-corrected chi connectivity index (χ1v) is 12.6. The molecule has 4 rings (SSSR count). The first kappa shape index (κ1) is 25.1. The molecule has 10 nitrogen and oxygen atoms in total. The molecule has 2 aliphatic heterocycles. The maximum atomic E-state index is 12.7. The number of hydrogen-bond donors (Lipinski definition) is 1. The van der Waals surface area contributed by atoms with Crippen LogP contribution in [-0.4, -0.2) is 80.5 Å². The largest absolute Gasteiger partial charge is 0.444 e. The van der Waals surface area contributed by atoms with Gasteiger partial charge in [0.05, 0.1) is 12.7 Å². The van der Waals surface area contributed by atoms with Gasteiger partial charge in [-0.1, -0.05) is 13.8 Å². The van der Waals surface area contributed by atoms with Crippen LogP contribution in [0, 0.1) is 6.92 Å². The third-order valence-electron chi connectivity index (χ3n) is 6.42. The molecule has 192 valence electrons. The number of piperidine rings is 1. The van der Waals surface area contributed by atoms with Gasteiger partial charge in [-0.05, 0) is 46.5 Å². The highest BCUT2D eigenvalue weighted by atomic mass is 16.6. The number of aryl methyl sites for hydroxylation is 1. The summed E-state index contributed by atoms with van der Waals surface area (Å²) in [5.41, 5.74) is 2.42. The molecule has 1 N–H and O–H groups in total. The van der Waals surface area contributed by atoms with Gasteiger partial charge >= 0.3 is 12.2 Å². The quantitative estimate of drug-likeness (QED) is 0.692. The third kappa shape index (κ3) is 5.97. The highest BCUT2D eigenvalue weighted by molar-refractivity contribution is 5.70. The molecule has 2 aromatic heterocycles. The van der Waals surface area contributed by atoms with Crippen molar-refractivity contribution in [2.45, 2.75) is 84.5 Å². The van der Waals surface area contributed by atoms with E-state index in [4.69, 9.17) is 9.47 Å². The van der Waals surface area contributed by atoms with Crippen LogP contribution in [0.4, 0.5) is 15.4 Å². The lowest BCUT2D eigenvalue weighted by Crippen LogP contribution is -2.44. The Hall–Kier alpha value is -3.04. The summed E-state index contributed by atoms with van der Waals surface area (Å²) in [6.45, 7) is 13.9. The number of hydrogen-bond acceptors (Lipinski definition) is 7. The van der Waals surface area contributed by atoms with Crippen LogP contribution in [0.15, 0.2) is 12.3 Å². The van der Waals surface area contributed by atoms with Crippen LogP contribution in [0.25, 0.3) is 5.65 Å². The van der Waals surface area contributed by atoms with Gasteiger partial charge in [0.25, 0.3) is 0 Å². The fourth-order valence-electron chi connectivity index (χ4n) is 4.56. The van der Waals surface area contributed by atoms with E-state index in [1.807, 2.05) is 44.5 Å². The second-order valence-corrected chi connectivity index (χ2v) is 10.9. The van der Waals surface area contributed by atoms with Gasteiger partial charge < -0.3 is 24.6 Å². The molecule has 0 spiro atoms. The first-order valence-electron chi connectivity index (χ1n) is 12.6.